The summed E-state index contributed by atoms with van der Waals surface area (Å²) < 4.78 is 5.27. The van der Waals surface area contributed by atoms with Gasteiger partial charge in [0.2, 0.25) is 11.8 Å². The number of hydrogen-bond donors (Lipinski definition) is 2. The molecule has 2 N–H and O–H groups in total. The Kier molecular flexibility index (Phi) is 10.8. The van der Waals surface area contributed by atoms with E-state index >= 15 is 0 Å². The summed E-state index contributed by atoms with van der Waals surface area (Å²) in [6.07, 6.45) is 1.99. The van der Waals surface area contributed by atoms with Crippen molar-refractivity contribution < 1.29 is 19.1 Å². The minimum Gasteiger partial charge on any atom is -0.444 e. The predicted molar refractivity (Wildman–Crippen MR) is 138 cm³/mol. The summed E-state index contributed by atoms with van der Waals surface area (Å²) in [5.74, 6) is -0.597. The fourth-order valence-corrected chi connectivity index (χ4v) is 3.72. The number of hydrogen-bond acceptors (Lipinski definition) is 4. The molecule has 3 amide bonds. The fourth-order valence-electron chi connectivity index (χ4n) is 3.72. The first-order chi connectivity index (χ1) is 16.6. The Labute approximate surface area is 209 Å². The molecule has 190 valence electrons. The van der Waals surface area contributed by atoms with Crippen molar-refractivity contribution in [3.63, 3.8) is 0 Å². The number of aryl methyl sites for hydroxylation is 1. The van der Waals surface area contributed by atoms with Crippen LogP contribution in [0, 0.1) is 6.92 Å². The molecule has 2 aromatic rings. The van der Waals surface area contributed by atoms with E-state index in [9.17, 15) is 14.4 Å². The molecule has 0 aromatic heterocycles. The number of carbonyl (C=O) groups excluding carboxylic acids is 3. The number of rotatable bonds is 11. The van der Waals surface area contributed by atoms with Crippen molar-refractivity contribution in [2.45, 2.75) is 72.1 Å². The molecule has 0 fully saturated rings. The molecule has 0 spiro atoms. The summed E-state index contributed by atoms with van der Waals surface area (Å²) in [5, 5.41) is 5.55. The summed E-state index contributed by atoms with van der Waals surface area (Å²) in [4.78, 5) is 40.7. The van der Waals surface area contributed by atoms with Gasteiger partial charge in [0, 0.05) is 13.1 Å². The highest BCUT2D eigenvalue weighted by atomic mass is 16.6. The van der Waals surface area contributed by atoms with Gasteiger partial charge in [-0.25, -0.2) is 4.79 Å². The Balaban J connectivity index is 2.29. The number of alkyl carbamates (subject to hydrolysis) is 1. The average molecular weight is 482 g/mol. The van der Waals surface area contributed by atoms with Crippen molar-refractivity contribution in [3.8, 4) is 0 Å². The Bertz CT molecular complexity index is 970. The lowest BCUT2D eigenvalue weighted by atomic mass is 9.98. The standard InChI is InChI=1S/C28H39N3O4/c1-6-7-13-18-31(24(32)20-30-27(34)35-28(3,4)5)25(23-17-12-11-14-21(23)2)26(33)29-19-22-15-9-8-10-16-22/h8-12,14-17,25H,6-7,13,18-20H2,1-5H3,(H,29,33)(H,30,34). The molecule has 35 heavy (non-hydrogen) atoms. The van der Waals surface area contributed by atoms with Crippen molar-refractivity contribution in [1.29, 1.82) is 0 Å². The van der Waals surface area contributed by atoms with Gasteiger partial charge in [0.1, 0.15) is 18.2 Å². The first-order valence-electron chi connectivity index (χ1n) is 12.3. The van der Waals surface area contributed by atoms with Crippen molar-refractivity contribution in [1.82, 2.24) is 15.5 Å². The zero-order chi connectivity index (χ0) is 25.8. The maximum absolute atomic E-state index is 13.6. The van der Waals surface area contributed by atoms with E-state index in [4.69, 9.17) is 4.74 Å². The quantitative estimate of drug-likeness (QED) is 0.447. The zero-order valence-corrected chi connectivity index (χ0v) is 21.6. The van der Waals surface area contributed by atoms with Crippen LogP contribution >= 0.6 is 0 Å². The first kappa shape index (κ1) is 27.9. The fraction of sp³-hybridized carbons (Fsp3) is 0.464. The van der Waals surface area contributed by atoms with E-state index < -0.39 is 17.7 Å². The molecule has 0 saturated carbocycles. The summed E-state index contributed by atoms with van der Waals surface area (Å²) in [6.45, 7) is 9.80. The summed E-state index contributed by atoms with van der Waals surface area (Å²) >= 11 is 0. The van der Waals surface area contributed by atoms with E-state index in [2.05, 4.69) is 17.6 Å². The zero-order valence-electron chi connectivity index (χ0n) is 21.6. The van der Waals surface area contributed by atoms with Crippen LogP contribution < -0.4 is 10.6 Å². The largest absolute Gasteiger partial charge is 0.444 e. The molecule has 0 aliphatic heterocycles. The highest BCUT2D eigenvalue weighted by molar-refractivity contribution is 5.90. The second kappa shape index (κ2) is 13.5. The Morgan fingerprint density at radius 2 is 1.60 bits per heavy atom. The highest BCUT2D eigenvalue weighted by Crippen LogP contribution is 2.25. The number of amides is 3. The van der Waals surface area contributed by atoms with Crippen molar-refractivity contribution in [2.75, 3.05) is 13.1 Å². The number of nitrogens with zero attached hydrogens (tertiary/aromatic N) is 1. The smallest absolute Gasteiger partial charge is 0.408 e. The Hall–Kier alpha value is -3.35. The maximum atomic E-state index is 13.6. The topological polar surface area (TPSA) is 87.7 Å². The highest BCUT2D eigenvalue weighted by Gasteiger charge is 2.32. The molecule has 0 radical (unpaired) electrons. The lowest BCUT2D eigenvalue weighted by molar-refractivity contribution is -0.140. The molecule has 0 bridgehead atoms. The third kappa shape index (κ3) is 9.43. The van der Waals surface area contributed by atoms with Gasteiger partial charge in [0.15, 0.2) is 0 Å². The van der Waals surface area contributed by atoms with Crippen molar-refractivity contribution in [2.24, 2.45) is 0 Å². The van der Waals surface area contributed by atoms with E-state index in [1.165, 1.54) is 0 Å². The van der Waals surface area contributed by atoms with Crippen LogP contribution in [0.4, 0.5) is 4.79 Å². The molecule has 1 unspecified atom stereocenters. The van der Waals surface area contributed by atoms with Gasteiger partial charge in [0.05, 0.1) is 0 Å². The van der Waals surface area contributed by atoms with Gasteiger partial charge in [-0.1, -0.05) is 74.4 Å². The molecule has 2 aromatic carbocycles. The van der Waals surface area contributed by atoms with Crippen LogP contribution in [0.15, 0.2) is 54.6 Å². The average Bonchev–Trinajstić information content (AvgIpc) is 2.81. The normalized spacial score (nSPS) is 11.9. The van der Waals surface area contributed by atoms with E-state index in [1.807, 2.05) is 61.5 Å². The number of ether oxygens (including phenoxy) is 1. The minimum atomic E-state index is -0.815. The molecule has 7 nitrogen and oxygen atoms in total. The molecule has 0 saturated heterocycles. The number of nitrogens with one attached hydrogen (secondary N) is 2. The van der Waals surface area contributed by atoms with Crippen molar-refractivity contribution >= 4 is 17.9 Å². The monoisotopic (exact) mass is 481 g/mol. The molecular weight excluding hydrogens is 442 g/mol. The van der Waals surface area contributed by atoms with Crippen LogP contribution in [-0.2, 0) is 20.9 Å². The Morgan fingerprint density at radius 1 is 0.943 bits per heavy atom. The molecular formula is C28H39N3O4. The van der Waals surface area contributed by atoms with Crippen LogP contribution in [0.2, 0.25) is 0 Å². The summed E-state index contributed by atoms with van der Waals surface area (Å²) in [7, 11) is 0. The maximum Gasteiger partial charge on any atom is 0.408 e. The number of carbonyl (C=O) groups is 3. The lowest BCUT2D eigenvalue weighted by Crippen LogP contribution is -2.48. The number of unbranched alkanes of at least 4 members (excludes halogenated alkanes) is 2. The van der Waals surface area contributed by atoms with Crippen LogP contribution in [0.5, 0.6) is 0 Å². The van der Waals surface area contributed by atoms with E-state index in [-0.39, 0.29) is 18.4 Å². The summed E-state index contributed by atoms with van der Waals surface area (Å²) in [6, 6.07) is 16.4. The van der Waals surface area contributed by atoms with Gasteiger partial charge < -0.3 is 20.3 Å². The van der Waals surface area contributed by atoms with E-state index in [1.54, 1.807) is 25.7 Å². The van der Waals surface area contributed by atoms with Gasteiger partial charge in [0.25, 0.3) is 0 Å². The first-order valence-corrected chi connectivity index (χ1v) is 12.3. The molecule has 0 aliphatic carbocycles. The third-order valence-corrected chi connectivity index (χ3v) is 5.46. The van der Waals surface area contributed by atoms with Gasteiger partial charge >= 0.3 is 6.09 Å². The van der Waals surface area contributed by atoms with Crippen LogP contribution in [-0.4, -0.2) is 41.5 Å². The lowest BCUT2D eigenvalue weighted by Gasteiger charge is -2.32. The second-order valence-corrected chi connectivity index (χ2v) is 9.61. The second-order valence-electron chi connectivity index (χ2n) is 9.61. The predicted octanol–water partition coefficient (Wildman–Crippen LogP) is 4.90. The van der Waals surface area contributed by atoms with Crippen molar-refractivity contribution in [3.05, 3.63) is 71.3 Å². The molecule has 2 rings (SSSR count). The van der Waals surface area contributed by atoms with Gasteiger partial charge in [-0.05, 0) is 50.8 Å². The minimum absolute atomic E-state index is 0.255. The van der Waals surface area contributed by atoms with Gasteiger partial charge in [-0.2, -0.15) is 0 Å². The Morgan fingerprint density at radius 3 is 2.23 bits per heavy atom. The van der Waals surface area contributed by atoms with Crippen LogP contribution in [0.1, 0.15) is 69.7 Å². The van der Waals surface area contributed by atoms with E-state index in [0.29, 0.717) is 13.1 Å². The molecule has 1 atom stereocenters. The number of benzene rings is 2. The van der Waals surface area contributed by atoms with Gasteiger partial charge in [-0.3, -0.25) is 9.59 Å². The molecule has 0 aliphatic rings. The van der Waals surface area contributed by atoms with E-state index in [0.717, 1.165) is 36.0 Å². The SMILES string of the molecule is CCCCCN(C(=O)CNC(=O)OC(C)(C)C)C(C(=O)NCc1ccccc1)c1ccccc1C. The summed E-state index contributed by atoms with van der Waals surface area (Å²) in [5.41, 5.74) is 1.98. The van der Waals surface area contributed by atoms with Crippen LogP contribution in [0.25, 0.3) is 0 Å². The van der Waals surface area contributed by atoms with Crippen LogP contribution in [0.3, 0.4) is 0 Å². The van der Waals surface area contributed by atoms with Gasteiger partial charge in [-0.15, -0.1) is 0 Å². The molecule has 7 heteroatoms. The molecule has 0 heterocycles. The third-order valence-electron chi connectivity index (χ3n) is 5.46.